The predicted octanol–water partition coefficient (Wildman–Crippen LogP) is 2.83. The van der Waals surface area contributed by atoms with Crippen molar-refractivity contribution in [3.8, 4) is 0 Å². The lowest BCUT2D eigenvalue weighted by molar-refractivity contribution is 0.855. The normalized spacial score (nSPS) is 12.5. The van der Waals surface area contributed by atoms with E-state index < -0.39 is 0 Å². The molecule has 1 aromatic rings. The first-order valence-corrected chi connectivity index (χ1v) is 3.94. The third-order valence-corrected chi connectivity index (χ3v) is 1.87. The largest absolute Gasteiger partial charge is 0.312 e. The molecular weight excluding hydrogens is 134 g/mol. The highest BCUT2D eigenvalue weighted by Gasteiger charge is 2.02. The van der Waals surface area contributed by atoms with Crippen molar-refractivity contribution >= 4 is 6.21 Å². The summed E-state index contributed by atoms with van der Waals surface area (Å²) in [6.45, 7) is 2.10. The van der Waals surface area contributed by atoms with Crippen molar-refractivity contribution in [2.24, 2.45) is 0 Å². The van der Waals surface area contributed by atoms with Gasteiger partial charge in [-0.15, -0.1) is 0 Å². The Balaban J connectivity index is 2.82. The van der Waals surface area contributed by atoms with Crippen molar-refractivity contribution in [3.63, 3.8) is 0 Å². The van der Waals surface area contributed by atoms with Gasteiger partial charge in [0.15, 0.2) is 0 Å². The van der Waals surface area contributed by atoms with Gasteiger partial charge in [0.25, 0.3) is 0 Å². The topological polar surface area (TPSA) is 23.9 Å². The molecule has 1 aromatic carbocycles. The van der Waals surface area contributed by atoms with Gasteiger partial charge >= 0.3 is 0 Å². The van der Waals surface area contributed by atoms with Crippen molar-refractivity contribution in [2.75, 3.05) is 0 Å². The molecule has 58 valence electrons. The van der Waals surface area contributed by atoms with Gasteiger partial charge in [-0.3, -0.25) is 0 Å². The molecule has 1 heteroatoms. The standard InChI is InChI=1S/C10H13N/c1-2-9(8-11)10-6-4-3-5-7-10/h3-9,11H,2H2,1H3/t9-/m0/s1. The third-order valence-electron chi connectivity index (χ3n) is 1.87. The van der Waals surface area contributed by atoms with Crippen LogP contribution in [-0.2, 0) is 0 Å². The van der Waals surface area contributed by atoms with E-state index in [1.54, 1.807) is 0 Å². The summed E-state index contributed by atoms with van der Waals surface area (Å²) in [5.74, 6) is 0.302. The predicted molar refractivity (Wildman–Crippen MR) is 48.3 cm³/mol. The Morgan fingerprint density at radius 1 is 1.36 bits per heavy atom. The van der Waals surface area contributed by atoms with Crippen LogP contribution in [0, 0.1) is 5.41 Å². The SMILES string of the molecule is CC[C@@H](C=N)c1ccccc1. The van der Waals surface area contributed by atoms with E-state index in [9.17, 15) is 0 Å². The van der Waals surface area contributed by atoms with Crippen molar-refractivity contribution in [3.05, 3.63) is 35.9 Å². The first kappa shape index (κ1) is 7.99. The molecule has 1 N–H and O–H groups in total. The summed E-state index contributed by atoms with van der Waals surface area (Å²) in [5, 5.41) is 7.17. The number of nitrogens with one attached hydrogen (secondary N) is 1. The van der Waals surface area contributed by atoms with Crippen molar-refractivity contribution < 1.29 is 0 Å². The molecule has 11 heavy (non-hydrogen) atoms. The Labute approximate surface area is 67.6 Å². The molecule has 0 aliphatic heterocycles. The van der Waals surface area contributed by atoms with Gasteiger partial charge < -0.3 is 5.41 Å². The molecular formula is C10H13N. The van der Waals surface area contributed by atoms with Crippen molar-refractivity contribution in [1.82, 2.24) is 0 Å². The van der Waals surface area contributed by atoms with E-state index in [-0.39, 0.29) is 0 Å². The first-order valence-electron chi connectivity index (χ1n) is 3.94. The number of rotatable bonds is 3. The van der Waals surface area contributed by atoms with E-state index in [1.165, 1.54) is 11.8 Å². The highest BCUT2D eigenvalue weighted by atomic mass is 14.3. The summed E-state index contributed by atoms with van der Waals surface area (Å²) in [5.41, 5.74) is 1.24. The quantitative estimate of drug-likeness (QED) is 0.636. The highest BCUT2D eigenvalue weighted by Crippen LogP contribution is 2.15. The van der Waals surface area contributed by atoms with E-state index >= 15 is 0 Å². The van der Waals surface area contributed by atoms with Crippen LogP contribution in [0.5, 0.6) is 0 Å². The number of hydrogen-bond donors (Lipinski definition) is 1. The Kier molecular flexibility index (Phi) is 2.84. The summed E-state index contributed by atoms with van der Waals surface area (Å²) in [6.07, 6.45) is 2.52. The molecule has 0 aliphatic carbocycles. The number of hydrogen-bond acceptors (Lipinski definition) is 1. The number of benzene rings is 1. The molecule has 0 bridgehead atoms. The van der Waals surface area contributed by atoms with E-state index in [0.29, 0.717) is 5.92 Å². The maximum Gasteiger partial charge on any atom is 0.0183 e. The van der Waals surface area contributed by atoms with Crippen LogP contribution in [0.4, 0.5) is 0 Å². The molecule has 0 aliphatic rings. The molecule has 0 heterocycles. The second-order valence-electron chi connectivity index (χ2n) is 2.59. The lowest BCUT2D eigenvalue weighted by Crippen LogP contribution is -1.96. The lowest BCUT2D eigenvalue weighted by Gasteiger charge is -2.07. The monoisotopic (exact) mass is 147 g/mol. The Hall–Kier alpha value is -1.11. The third kappa shape index (κ3) is 1.90. The fourth-order valence-corrected chi connectivity index (χ4v) is 1.15. The van der Waals surface area contributed by atoms with Crippen LogP contribution in [0.25, 0.3) is 0 Å². The van der Waals surface area contributed by atoms with Crippen LogP contribution >= 0.6 is 0 Å². The Morgan fingerprint density at radius 3 is 2.45 bits per heavy atom. The summed E-state index contributed by atoms with van der Waals surface area (Å²) in [4.78, 5) is 0. The zero-order chi connectivity index (χ0) is 8.10. The molecule has 1 nitrogen and oxygen atoms in total. The van der Waals surface area contributed by atoms with Crippen LogP contribution in [-0.4, -0.2) is 6.21 Å². The van der Waals surface area contributed by atoms with Gasteiger partial charge in [0, 0.05) is 12.1 Å². The molecule has 0 amide bonds. The summed E-state index contributed by atoms with van der Waals surface area (Å²) in [6, 6.07) is 10.2. The lowest BCUT2D eigenvalue weighted by atomic mass is 9.98. The fraction of sp³-hybridized carbons (Fsp3) is 0.300. The minimum atomic E-state index is 0.302. The van der Waals surface area contributed by atoms with Crippen LogP contribution in [0.15, 0.2) is 30.3 Å². The minimum absolute atomic E-state index is 0.302. The van der Waals surface area contributed by atoms with Crippen LogP contribution in [0.2, 0.25) is 0 Å². The van der Waals surface area contributed by atoms with Crippen molar-refractivity contribution in [1.29, 1.82) is 5.41 Å². The van der Waals surface area contributed by atoms with Crippen molar-refractivity contribution in [2.45, 2.75) is 19.3 Å². The zero-order valence-electron chi connectivity index (χ0n) is 6.75. The highest BCUT2D eigenvalue weighted by molar-refractivity contribution is 5.64. The molecule has 0 saturated heterocycles. The Morgan fingerprint density at radius 2 is 2.00 bits per heavy atom. The molecule has 0 radical (unpaired) electrons. The van der Waals surface area contributed by atoms with Gasteiger partial charge in [0.1, 0.15) is 0 Å². The van der Waals surface area contributed by atoms with E-state index in [4.69, 9.17) is 5.41 Å². The van der Waals surface area contributed by atoms with Gasteiger partial charge in [-0.2, -0.15) is 0 Å². The van der Waals surface area contributed by atoms with Gasteiger partial charge in [-0.25, -0.2) is 0 Å². The van der Waals surface area contributed by atoms with Crippen LogP contribution in [0.3, 0.4) is 0 Å². The molecule has 1 atom stereocenters. The molecule has 0 spiro atoms. The van der Waals surface area contributed by atoms with Gasteiger partial charge in [-0.1, -0.05) is 37.3 Å². The maximum absolute atomic E-state index is 7.17. The van der Waals surface area contributed by atoms with Gasteiger partial charge in [0.2, 0.25) is 0 Å². The smallest absolute Gasteiger partial charge is 0.0183 e. The average Bonchev–Trinajstić information content (AvgIpc) is 2.09. The van der Waals surface area contributed by atoms with Gasteiger partial charge in [0.05, 0.1) is 0 Å². The van der Waals surface area contributed by atoms with E-state index in [1.807, 2.05) is 18.2 Å². The van der Waals surface area contributed by atoms with E-state index in [0.717, 1.165) is 6.42 Å². The summed E-state index contributed by atoms with van der Waals surface area (Å²) >= 11 is 0. The summed E-state index contributed by atoms with van der Waals surface area (Å²) in [7, 11) is 0. The average molecular weight is 147 g/mol. The molecule has 1 rings (SSSR count). The van der Waals surface area contributed by atoms with Gasteiger partial charge in [-0.05, 0) is 12.0 Å². The summed E-state index contributed by atoms with van der Waals surface area (Å²) < 4.78 is 0. The molecule has 0 saturated carbocycles. The fourth-order valence-electron chi connectivity index (χ4n) is 1.15. The second kappa shape index (κ2) is 3.91. The first-order chi connectivity index (χ1) is 5.38. The van der Waals surface area contributed by atoms with Crippen LogP contribution in [0.1, 0.15) is 24.8 Å². The molecule has 0 fully saturated rings. The second-order valence-corrected chi connectivity index (χ2v) is 2.59. The van der Waals surface area contributed by atoms with E-state index in [2.05, 4.69) is 19.1 Å². The maximum atomic E-state index is 7.17. The molecule has 0 unspecified atom stereocenters. The Bertz CT molecular complexity index is 216. The zero-order valence-corrected chi connectivity index (χ0v) is 6.75. The minimum Gasteiger partial charge on any atom is -0.312 e. The molecule has 0 aromatic heterocycles. The van der Waals surface area contributed by atoms with Crippen LogP contribution < -0.4 is 0 Å².